The lowest BCUT2D eigenvalue weighted by Crippen LogP contribution is -2.39. The molecule has 0 aliphatic carbocycles. The SMILES string of the molecule is CCC1OCCC1C(Cc1nc(C)c(C)s1)NC. The quantitative estimate of drug-likeness (QED) is 0.891. The van der Waals surface area contributed by atoms with Gasteiger partial charge in [-0.1, -0.05) is 6.92 Å². The number of nitrogens with zero attached hydrogens (tertiary/aromatic N) is 1. The van der Waals surface area contributed by atoms with Crippen molar-refractivity contribution in [3.05, 3.63) is 15.6 Å². The summed E-state index contributed by atoms with van der Waals surface area (Å²) >= 11 is 1.83. The van der Waals surface area contributed by atoms with Crippen LogP contribution in [0.5, 0.6) is 0 Å². The summed E-state index contributed by atoms with van der Waals surface area (Å²) in [7, 11) is 2.06. The van der Waals surface area contributed by atoms with E-state index in [0.29, 0.717) is 18.1 Å². The average Bonchev–Trinajstić information content (AvgIpc) is 2.94. The van der Waals surface area contributed by atoms with Gasteiger partial charge in [-0.15, -0.1) is 11.3 Å². The number of aromatic nitrogens is 1. The standard InChI is InChI=1S/C14H24N2OS/c1-5-13-11(6-7-17-13)12(15-4)8-14-16-9(2)10(3)18-14/h11-13,15H,5-8H2,1-4H3. The fraction of sp³-hybridized carbons (Fsp3) is 0.786. The van der Waals surface area contributed by atoms with Gasteiger partial charge in [-0.3, -0.25) is 0 Å². The van der Waals surface area contributed by atoms with Crippen LogP contribution in [0.1, 0.15) is 35.3 Å². The van der Waals surface area contributed by atoms with Crippen LogP contribution in [0, 0.1) is 19.8 Å². The maximum atomic E-state index is 5.81. The van der Waals surface area contributed by atoms with E-state index < -0.39 is 0 Å². The highest BCUT2D eigenvalue weighted by molar-refractivity contribution is 7.11. The third-order valence-corrected chi connectivity index (χ3v) is 5.11. The molecule has 4 heteroatoms. The lowest BCUT2D eigenvalue weighted by Gasteiger charge is -2.26. The van der Waals surface area contributed by atoms with E-state index in [1.165, 1.54) is 22.0 Å². The number of likely N-dealkylation sites (N-methyl/N-ethyl adjacent to an activating group) is 1. The Hall–Kier alpha value is -0.450. The Kier molecular flexibility index (Phi) is 4.76. The molecule has 2 heterocycles. The van der Waals surface area contributed by atoms with Crippen LogP contribution >= 0.6 is 11.3 Å². The minimum Gasteiger partial charge on any atom is -0.378 e. The van der Waals surface area contributed by atoms with Gasteiger partial charge in [-0.05, 0) is 33.7 Å². The first-order valence-corrected chi connectivity index (χ1v) is 7.69. The Balaban J connectivity index is 2.04. The number of aryl methyl sites for hydroxylation is 2. The molecule has 18 heavy (non-hydrogen) atoms. The Morgan fingerprint density at radius 3 is 2.83 bits per heavy atom. The topological polar surface area (TPSA) is 34.1 Å². The van der Waals surface area contributed by atoms with Crippen molar-refractivity contribution in [2.24, 2.45) is 5.92 Å². The number of nitrogens with one attached hydrogen (secondary N) is 1. The first kappa shape index (κ1) is 14.0. The van der Waals surface area contributed by atoms with Gasteiger partial charge in [0, 0.05) is 29.9 Å². The van der Waals surface area contributed by atoms with Crippen LogP contribution in [0.25, 0.3) is 0 Å². The second-order valence-corrected chi connectivity index (χ2v) is 6.41. The van der Waals surface area contributed by atoms with Crippen LogP contribution in [0.3, 0.4) is 0 Å². The van der Waals surface area contributed by atoms with E-state index in [0.717, 1.165) is 19.4 Å². The lowest BCUT2D eigenvalue weighted by molar-refractivity contribution is 0.0783. The van der Waals surface area contributed by atoms with Gasteiger partial charge in [0.05, 0.1) is 16.8 Å². The van der Waals surface area contributed by atoms with Crippen LogP contribution in [-0.2, 0) is 11.2 Å². The molecule has 0 amide bonds. The largest absolute Gasteiger partial charge is 0.378 e. The van der Waals surface area contributed by atoms with Gasteiger partial charge in [-0.2, -0.15) is 0 Å². The Morgan fingerprint density at radius 1 is 1.50 bits per heavy atom. The molecule has 0 saturated carbocycles. The third-order valence-electron chi connectivity index (χ3n) is 4.02. The number of hydrogen-bond donors (Lipinski definition) is 1. The molecule has 2 rings (SSSR count). The van der Waals surface area contributed by atoms with Crippen LogP contribution < -0.4 is 5.32 Å². The van der Waals surface area contributed by atoms with Crippen LogP contribution in [0.2, 0.25) is 0 Å². The summed E-state index contributed by atoms with van der Waals surface area (Å²) in [5.41, 5.74) is 1.18. The van der Waals surface area contributed by atoms with Gasteiger partial charge in [0.15, 0.2) is 0 Å². The minimum atomic E-state index is 0.421. The van der Waals surface area contributed by atoms with Crippen molar-refractivity contribution in [2.75, 3.05) is 13.7 Å². The molecule has 1 aliphatic rings. The monoisotopic (exact) mass is 268 g/mol. The van der Waals surface area contributed by atoms with Crippen LogP contribution in [0.15, 0.2) is 0 Å². The number of thiazole rings is 1. The molecule has 3 atom stereocenters. The van der Waals surface area contributed by atoms with E-state index in [1.807, 2.05) is 11.3 Å². The predicted octanol–water partition coefficient (Wildman–Crippen LogP) is 2.71. The van der Waals surface area contributed by atoms with Gasteiger partial charge in [0.1, 0.15) is 0 Å². The van der Waals surface area contributed by atoms with Gasteiger partial charge in [0.25, 0.3) is 0 Å². The lowest BCUT2D eigenvalue weighted by atomic mass is 9.89. The molecule has 1 N–H and O–H groups in total. The van der Waals surface area contributed by atoms with E-state index in [9.17, 15) is 0 Å². The van der Waals surface area contributed by atoms with Crippen molar-refractivity contribution >= 4 is 11.3 Å². The second-order valence-electron chi connectivity index (χ2n) is 5.12. The van der Waals surface area contributed by atoms with Gasteiger partial charge < -0.3 is 10.1 Å². The average molecular weight is 268 g/mol. The van der Waals surface area contributed by atoms with Crippen molar-refractivity contribution < 1.29 is 4.74 Å². The first-order chi connectivity index (χ1) is 8.65. The molecule has 0 radical (unpaired) electrons. The molecule has 0 bridgehead atoms. The van der Waals surface area contributed by atoms with Crippen molar-refractivity contribution in [3.63, 3.8) is 0 Å². The smallest absolute Gasteiger partial charge is 0.0946 e. The van der Waals surface area contributed by atoms with Crippen LogP contribution in [0.4, 0.5) is 0 Å². The predicted molar refractivity (Wildman–Crippen MR) is 76.3 cm³/mol. The summed E-state index contributed by atoms with van der Waals surface area (Å²) in [5.74, 6) is 0.629. The summed E-state index contributed by atoms with van der Waals surface area (Å²) in [6.07, 6.45) is 3.73. The minimum absolute atomic E-state index is 0.421. The molecule has 1 saturated heterocycles. The van der Waals surface area contributed by atoms with Gasteiger partial charge in [0.2, 0.25) is 0 Å². The maximum Gasteiger partial charge on any atom is 0.0946 e. The Morgan fingerprint density at radius 2 is 2.28 bits per heavy atom. The summed E-state index contributed by atoms with van der Waals surface area (Å²) in [5, 5.41) is 4.73. The van der Waals surface area contributed by atoms with Crippen LogP contribution in [-0.4, -0.2) is 30.8 Å². The third kappa shape index (κ3) is 2.92. The maximum absolute atomic E-state index is 5.81. The highest BCUT2D eigenvalue weighted by Gasteiger charge is 2.33. The summed E-state index contributed by atoms with van der Waals surface area (Å²) in [4.78, 5) is 6.00. The normalized spacial score (nSPS) is 25.6. The van der Waals surface area contributed by atoms with Crippen molar-refractivity contribution in [2.45, 2.75) is 52.2 Å². The molecule has 102 valence electrons. The van der Waals surface area contributed by atoms with E-state index in [2.05, 4.69) is 38.1 Å². The highest BCUT2D eigenvalue weighted by atomic mass is 32.1. The highest BCUT2D eigenvalue weighted by Crippen LogP contribution is 2.29. The molecular formula is C14H24N2OS. The van der Waals surface area contributed by atoms with Gasteiger partial charge >= 0.3 is 0 Å². The van der Waals surface area contributed by atoms with E-state index in [-0.39, 0.29) is 0 Å². The molecule has 1 aromatic rings. The molecule has 0 aromatic carbocycles. The number of ether oxygens (including phenoxy) is 1. The van der Waals surface area contributed by atoms with Gasteiger partial charge in [-0.25, -0.2) is 4.98 Å². The van der Waals surface area contributed by atoms with E-state index >= 15 is 0 Å². The zero-order chi connectivity index (χ0) is 13.1. The zero-order valence-electron chi connectivity index (χ0n) is 11.8. The fourth-order valence-corrected chi connectivity index (χ4v) is 3.82. The Bertz CT molecular complexity index is 372. The van der Waals surface area contributed by atoms with Crippen molar-refractivity contribution in [1.29, 1.82) is 0 Å². The second kappa shape index (κ2) is 6.13. The number of hydrogen-bond acceptors (Lipinski definition) is 4. The Labute approximate surface area is 114 Å². The molecule has 1 aliphatic heterocycles. The first-order valence-electron chi connectivity index (χ1n) is 6.87. The van der Waals surface area contributed by atoms with E-state index in [1.54, 1.807) is 0 Å². The molecule has 1 aromatic heterocycles. The summed E-state index contributed by atoms with van der Waals surface area (Å²) < 4.78 is 5.81. The summed E-state index contributed by atoms with van der Waals surface area (Å²) in [6, 6.07) is 0.488. The van der Waals surface area contributed by atoms with Crippen molar-refractivity contribution in [1.82, 2.24) is 10.3 Å². The zero-order valence-corrected chi connectivity index (χ0v) is 12.6. The molecule has 3 unspecified atom stereocenters. The number of rotatable bonds is 5. The van der Waals surface area contributed by atoms with Crippen molar-refractivity contribution in [3.8, 4) is 0 Å². The fourth-order valence-electron chi connectivity index (χ4n) is 2.83. The molecular weight excluding hydrogens is 244 g/mol. The van der Waals surface area contributed by atoms with E-state index in [4.69, 9.17) is 4.74 Å². The molecule has 3 nitrogen and oxygen atoms in total. The molecule has 1 fully saturated rings. The molecule has 0 spiro atoms. The summed E-state index contributed by atoms with van der Waals surface area (Å²) in [6.45, 7) is 7.38.